The number of pyridine rings is 1. The van der Waals surface area contributed by atoms with Crippen LogP contribution in [-0.4, -0.2) is 11.3 Å². The van der Waals surface area contributed by atoms with Crippen molar-refractivity contribution in [2.45, 2.75) is 13.5 Å². The van der Waals surface area contributed by atoms with Gasteiger partial charge in [-0.3, -0.25) is 4.79 Å². The van der Waals surface area contributed by atoms with Crippen LogP contribution in [0.1, 0.15) is 21.7 Å². The molecule has 0 N–H and O–H groups in total. The third-order valence-electron chi connectivity index (χ3n) is 2.57. The smallest absolute Gasteiger partial charge is 0.172 e. The van der Waals surface area contributed by atoms with Gasteiger partial charge in [-0.15, -0.1) is 0 Å². The maximum absolute atomic E-state index is 13.6. The lowest BCUT2D eigenvalue weighted by molar-refractivity contribution is 0.111. The summed E-state index contributed by atoms with van der Waals surface area (Å²) >= 11 is 5.89. The van der Waals surface area contributed by atoms with E-state index < -0.39 is 5.82 Å². The van der Waals surface area contributed by atoms with E-state index in [9.17, 15) is 9.18 Å². The third-order valence-corrected chi connectivity index (χ3v) is 2.92. The van der Waals surface area contributed by atoms with Crippen molar-refractivity contribution in [1.82, 2.24) is 4.98 Å². The summed E-state index contributed by atoms with van der Waals surface area (Å²) < 4.78 is 19.0. The van der Waals surface area contributed by atoms with E-state index in [1.165, 1.54) is 12.1 Å². The van der Waals surface area contributed by atoms with Gasteiger partial charge in [-0.1, -0.05) is 17.7 Å². The van der Waals surface area contributed by atoms with Crippen LogP contribution in [0.2, 0.25) is 5.02 Å². The van der Waals surface area contributed by atoms with Crippen LogP contribution in [0.5, 0.6) is 5.75 Å². The fourth-order valence-electron chi connectivity index (χ4n) is 1.59. The van der Waals surface area contributed by atoms with E-state index in [4.69, 9.17) is 16.3 Å². The van der Waals surface area contributed by atoms with Gasteiger partial charge in [0.1, 0.15) is 23.9 Å². The summed E-state index contributed by atoms with van der Waals surface area (Å²) in [6, 6.07) is 7.74. The molecule has 1 aromatic carbocycles. The zero-order valence-electron chi connectivity index (χ0n) is 10.2. The molecule has 1 aromatic heterocycles. The Morgan fingerprint density at radius 3 is 2.84 bits per heavy atom. The van der Waals surface area contributed by atoms with Crippen LogP contribution < -0.4 is 4.74 Å². The molecule has 98 valence electrons. The number of aromatic nitrogens is 1. The van der Waals surface area contributed by atoms with Crippen molar-refractivity contribution in [2.24, 2.45) is 0 Å². The van der Waals surface area contributed by atoms with Gasteiger partial charge in [0.05, 0.1) is 5.02 Å². The highest BCUT2D eigenvalue weighted by molar-refractivity contribution is 6.31. The van der Waals surface area contributed by atoms with Crippen molar-refractivity contribution in [3.63, 3.8) is 0 Å². The largest absolute Gasteiger partial charge is 0.486 e. The van der Waals surface area contributed by atoms with Gasteiger partial charge in [-0.25, -0.2) is 9.37 Å². The molecule has 0 aliphatic heterocycles. The molecule has 0 radical (unpaired) electrons. The van der Waals surface area contributed by atoms with Crippen molar-refractivity contribution >= 4 is 17.9 Å². The van der Waals surface area contributed by atoms with Crippen LogP contribution in [0, 0.1) is 12.7 Å². The molecule has 0 spiro atoms. The van der Waals surface area contributed by atoms with E-state index in [0.29, 0.717) is 17.7 Å². The first-order valence-corrected chi connectivity index (χ1v) is 5.98. The lowest BCUT2D eigenvalue weighted by atomic mass is 10.2. The van der Waals surface area contributed by atoms with Crippen LogP contribution >= 0.6 is 11.6 Å². The van der Waals surface area contributed by atoms with Crippen LogP contribution in [0.4, 0.5) is 4.39 Å². The molecule has 5 heteroatoms. The highest BCUT2D eigenvalue weighted by Crippen LogP contribution is 2.22. The molecule has 0 aliphatic carbocycles. The number of benzene rings is 1. The van der Waals surface area contributed by atoms with E-state index in [-0.39, 0.29) is 22.9 Å². The molecule has 0 unspecified atom stereocenters. The molecular formula is C14H11ClFNO2. The Labute approximate surface area is 115 Å². The van der Waals surface area contributed by atoms with Gasteiger partial charge in [0.15, 0.2) is 6.29 Å². The van der Waals surface area contributed by atoms with Crippen molar-refractivity contribution in [1.29, 1.82) is 0 Å². The van der Waals surface area contributed by atoms with Gasteiger partial charge < -0.3 is 4.74 Å². The van der Waals surface area contributed by atoms with Crippen LogP contribution in [0.25, 0.3) is 0 Å². The highest BCUT2D eigenvalue weighted by atomic mass is 35.5. The lowest BCUT2D eigenvalue weighted by Crippen LogP contribution is -2.03. The molecule has 1 heterocycles. The van der Waals surface area contributed by atoms with E-state index in [1.807, 2.05) is 0 Å². The number of hydrogen-bond acceptors (Lipinski definition) is 3. The number of nitrogens with zero attached hydrogens (tertiary/aromatic N) is 1. The van der Waals surface area contributed by atoms with Crippen LogP contribution in [0.3, 0.4) is 0 Å². The summed E-state index contributed by atoms with van der Waals surface area (Å²) in [5.41, 5.74) is 1.15. The van der Waals surface area contributed by atoms with E-state index in [0.717, 1.165) is 0 Å². The van der Waals surface area contributed by atoms with Crippen LogP contribution in [0.15, 0.2) is 30.3 Å². The first-order valence-electron chi connectivity index (χ1n) is 5.60. The van der Waals surface area contributed by atoms with Gasteiger partial charge in [0, 0.05) is 11.3 Å². The van der Waals surface area contributed by atoms with Gasteiger partial charge in [-0.05, 0) is 31.2 Å². The average molecular weight is 280 g/mol. The Morgan fingerprint density at radius 1 is 1.37 bits per heavy atom. The summed E-state index contributed by atoms with van der Waals surface area (Å²) in [5, 5.41) is 0.285. The first-order chi connectivity index (χ1) is 9.11. The van der Waals surface area contributed by atoms with E-state index in [1.54, 1.807) is 25.1 Å². The quantitative estimate of drug-likeness (QED) is 0.803. The van der Waals surface area contributed by atoms with Gasteiger partial charge in [0.2, 0.25) is 0 Å². The van der Waals surface area contributed by atoms with E-state index in [2.05, 4.69) is 4.98 Å². The summed E-state index contributed by atoms with van der Waals surface area (Å²) in [6.45, 7) is 1.71. The SMILES string of the molecule is Cc1ccc(OCc2c(F)cccc2Cl)c(C=O)n1. The lowest BCUT2D eigenvalue weighted by Gasteiger charge is -2.10. The maximum Gasteiger partial charge on any atom is 0.172 e. The number of ether oxygens (including phenoxy) is 1. The second kappa shape index (κ2) is 5.80. The molecule has 0 fully saturated rings. The second-order valence-corrected chi connectivity index (χ2v) is 4.35. The fraction of sp³-hybridized carbons (Fsp3) is 0.143. The van der Waals surface area contributed by atoms with Gasteiger partial charge in [-0.2, -0.15) is 0 Å². The number of aldehydes is 1. The molecular weight excluding hydrogens is 269 g/mol. The zero-order chi connectivity index (χ0) is 13.8. The van der Waals surface area contributed by atoms with Crippen molar-refractivity contribution < 1.29 is 13.9 Å². The Kier molecular flexibility index (Phi) is 4.12. The average Bonchev–Trinajstić information content (AvgIpc) is 2.39. The molecule has 0 saturated carbocycles. The number of hydrogen-bond donors (Lipinski definition) is 0. The molecule has 0 aliphatic rings. The Balaban J connectivity index is 2.21. The number of rotatable bonds is 4. The Morgan fingerprint density at radius 2 is 2.16 bits per heavy atom. The molecule has 19 heavy (non-hydrogen) atoms. The topological polar surface area (TPSA) is 39.2 Å². The molecule has 2 rings (SSSR count). The number of halogens is 2. The number of aryl methyl sites for hydroxylation is 1. The van der Waals surface area contributed by atoms with Crippen molar-refractivity contribution in [3.8, 4) is 5.75 Å². The minimum absolute atomic E-state index is 0.0584. The molecule has 2 aromatic rings. The summed E-state index contributed by atoms with van der Waals surface area (Å²) in [5.74, 6) is -0.139. The minimum Gasteiger partial charge on any atom is -0.486 e. The van der Waals surface area contributed by atoms with Gasteiger partial charge in [0.25, 0.3) is 0 Å². The van der Waals surface area contributed by atoms with Crippen molar-refractivity contribution in [2.75, 3.05) is 0 Å². The van der Waals surface area contributed by atoms with Crippen LogP contribution in [-0.2, 0) is 6.61 Å². The molecule has 0 atom stereocenters. The zero-order valence-corrected chi connectivity index (χ0v) is 10.9. The predicted molar refractivity (Wildman–Crippen MR) is 70.1 cm³/mol. The van der Waals surface area contributed by atoms with Crippen molar-refractivity contribution in [3.05, 3.63) is 58.1 Å². The maximum atomic E-state index is 13.6. The summed E-state index contributed by atoms with van der Waals surface area (Å²) in [6.07, 6.45) is 0.602. The standard InChI is InChI=1S/C14H11ClFNO2/c1-9-5-6-14(13(7-18)17-9)19-8-10-11(15)3-2-4-12(10)16/h2-7H,8H2,1H3. The molecule has 3 nitrogen and oxygen atoms in total. The molecule has 0 bridgehead atoms. The Bertz CT molecular complexity index is 596. The Hall–Kier alpha value is -1.94. The predicted octanol–water partition coefficient (Wildman–Crippen LogP) is 3.57. The highest BCUT2D eigenvalue weighted by Gasteiger charge is 2.10. The number of carbonyl (C=O) groups excluding carboxylic acids is 1. The second-order valence-electron chi connectivity index (χ2n) is 3.94. The molecule has 0 amide bonds. The molecule has 0 saturated heterocycles. The van der Waals surface area contributed by atoms with E-state index >= 15 is 0 Å². The first kappa shape index (κ1) is 13.5. The normalized spacial score (nSPS) is 10.3. The minimum atomic E-state index is -0.444. The third kappa shape index (κ3) is 3.09. The summed E-state index contributed by atoms with van der Waals surface area (Å²) in [7, 11) is 0. The van der Waals surface area contributed by atoms with Gasteiger partial charge >= 0.3 is 0 Å². The fourth-order valence-corrected chi connectivity index (χ4v) is 1.81. The number of carbonyl (C=O) groups is 1. The monoisotopic (exact) mass is 279 g/mol. The summed E-state index contributed by atoms with van der Waals surface area (Å²) in [4.78, 5) is 14.9.